The number of carbonyl (C=O) groups is 3. The number of hydrogen-bond donors (Lipinski definition) is 1. The van der Waals surface area contributed by atoms with Crippen LogP contribution in [0.4, 0.5) is 18.9 Å². The number of rotatable bonds is 11. The Morgan fingerprint density at radius 3 is 2.13 bits per heavy atom. The van der Waals surface area contributed by atoms with Crippen LogP contribution in [0.1, 0.15) is 43.0 Å². The van der Waals surface area contributed by atoms with Crippen LogP contribution < -0.4 is 13.8 Å². The van der Waals surface area contributed by atoms with Gasteiger partial charge in [-0.15, -0.1) is 0 Å². The lowest BCUT2D eigenvalue weighted by molar-refractivity contribution is -0.154. The fourth-order valence-electron chi connectivity index (χ4n) is 4.32. The van der Waals surface area contributed by atoms with Gasteiger partial charge in [-0.25, -0.2) is 0 Å². The van der Waals surface area contributed by atoms with Crippen LogP contribution in [0.2, 0.25) is 0 Å². The van der Waals surface area contributed by atoms with Crippen molar-refractivity contribution >= 4 is 33.7 Å². The number of β-lactam (4-membered cyclic amide) rings is 1. The Bertz CT molecular complexity index is 1780. The average Bonchev–Trinajstić information content (AvgIpc) is 3.00. The molecule has 248 valence electrons. The van der Waals surface area contributed by atoms with Crippen molar-refractivity contribution in [3.8, 4) is 23.3 Å². The van der Waals surface area contributed by atoms with Crippen LogP contribution in [-0.4, -0.2) is 55.7 Å². The fraction of sp³-hybridized carbons (Fsp3) is 0.281. The van der Waals surface area contributed by atoms with Gasteiger partial charge >= 0.3 is 27.6 Å². The Morgan fingerprint density at radius 1 is 0.957 bits per heavy atom. The van der Waals surface area contributed by atoms with Gasteiger partial charge in [0.05, 0.1) is 12.5 Å². The number of esters is 2. The number of aliphatic hydroxyl groups is 1. The van der Waals surface area contributed by atoms with Gasteiger partial charge in [0.2, 0.25) is 5.91 Å². The molecule has 4 rings (SSSR count). The first-order valence-electron chi connectivity index (χ1n) is 13.8. The maximum atomic E-state index is 12.8. The molecule has 47 heavy (non-hydrogen) atoms. The van der Waals surface area contributed by atoms with Crippen molar-refractivity contribution in [3.63, 3.8) is 0 Å². The lowest BCUT2D eigenvalue weighted by Crippen LogP contribution is -2.46. The minimum Gasteiger partial charge on any atom is -0.489 e. The third-order valence-corrected chi connectivity index (χ3v) is 7.61. The number of ether oxygens (including phenoxy) is 3. The van der Waals surface area contributed by atoms with Crippen molar-refractivity contribution in [1.82, 2.24) is 0 Å². The van der Waals surface area contributed by atoms with Gasteiger partial charge in [-0.05, 0) is 48.0 Å². The molecule has 3 aromatic carbocycles. The van der Waals surface area contributed by atoms with Gasteiger partial charge < -0.3 is 28.4 Å². The Labute approximate surface area is 267 Å². The molecule has 0 bridgehead atoms. The summed E-state index contributed by atoms with van der Waals surface area (Å²) in [7, 11) is -5.89. The molecule has 0 aromatic heterocycles. The molecule has 0 saturated carbocycles. The van der Waals surface area contributed by atoms with Gasteiger partial charge in [0.15, 0.2) is 5.60 Å². The summed E-state index contributed by atoms with van der Waals surface area (Å²) in [6, 6.07) is 17.9. The third-order valence-electron chi connectivity index (χ3n) is 6.63. The molecular weight excluding hydrogens is 647 g/mol. The number of nitrogens with zero attached hydrogens (tertiary/aromatic N) is 1. The van der Waals surface area contributed by atoms with Crippen molar-refractivity contribution in [2.75, 3.05) is 18.1 Å². The summed E-state index contributed by atoms with van der Waals surface area (Å²) in [6.07, 6.45) is 0.0160. The molecule has 1 fully saturated rings. The van der Waals surface area contributed by atoms with E-state index in [1.165, 1.54) is 17.0 Å². The number of anilines is 1. The highest BCUT2D eigenvalue weighted by Crippen LogP contribution is 2.43. The summed E-state index contributed by atoms with van der Waals surface area (Å²) in [6.45, 7) is 1.28. The van der Waals surface area contributed by atoms with Crippen molar-refractivity contribution in [2.24, 2.45) is 0 Å². The minimum absolute atomic E-state index is 0.0160. The van der Waals surface area contributed by atoms with E-state index < -0.39 is 58.2 Å². The van der Waals surface area contributed by atoms with E-state index in [-0.39, 0.29) is 24.6 Å². The summed E-state index contributed by atoms with van der Waals surface area (Å²) < 4.78 is 81.0. The summed E-state index contributed by atoms with van der Waals surface area (Å²) in [4.78, 5) is 36.8. The summed E-state index contributed by atoms with van der Waals surface area (Å²) in [5.41, 5.74) is -5.72. The highest BCUT2D eigenvalue weighted by Gasteiger charge is 2.48. The Morgan fingerprint density at radius 2 is 1.57 bits per heavy atom. The van der Waals surface area contributed by atoms with E-state index in [0.717, 1.165) is 31.5 Å². The molecule has 1 saturated heterocycles. The van der Waals surface area contributed by atoms with E-state index in [1.54, 1.807) is 18.2 Å². The lowest BCUT2D eigenvalue weighted by atomic mass is 9.91. The summed E-state index contributed by atoms with van der Waals surface area (Å²) in [5.74, 6) is 3.42. The molecule has 1 amide bonds. The van der Waals surface area contributed by atoms with Gasteiger partial charge in [0.1, 0.15) is 31.3 Å². The van der Waals surface area contributed by atoms with Crippen LogP contribution >= 0.6 is 0 Å². The van der Waals surface area contributed by atoms with Gasteiger partial charge in [-0.2, -0.15) is 21.6 Å². The zero-order chi connectivity index (χ0) is 34.4. The molecule has 1 atom stereocenters. The number of hydrogen-bond acceptors (Lipinski definition) is 10. The average molecular weight is 676 g/mol. The smallest absolute Gasteiger partial charge is 0.489 e. The maximum Gasteiger partial charge on any atom is 0.534 e. The molecule has 0 spiro atoms. The Kier molecular flexibility index (Phi) is 10.5. The second-order valence-electron chi connectivity index (χ2n) is 10.3. The second-order valence-corrected chi connectivity index (χ2v) is 11.9. The number of halogens is 3. The van der Waals surface area contributed by atoms with E-state index in [0.29, 0.717) is 16.9 Å². The lowest BCUT2D eigenvalue weighted by Gasteiger charge is -2.41. The SMILES string of the molecule is CC(=O)OCC(O)(C#Cc1ccc(OCc2ccccc2)c(C2CC(=O)N2c2ccc(OS(=O)(=O)C(F)(F)F)cc2)c1)COC(C)=O. The summed E-state index contributed by atoms with van der Waals surface area (Å²) in [5, 5.41) is 10.9. The van der Waals surface area contributed by atoms with E-state index in [2.05, 4.69) is 16.0 Å². The predicted molar refractivity (Wildman–Crippen MR) is 159 cm³/mol. The Balaban J connectivity index is 1.67. The van der Waals surface area contributed by atoms with Crippen LogP contribution in [0.5, 0.6) is 11.5 Å². The van der Waals surface area contributed by atoms with Gasteiger partial charge in [0, 0.05) is 30.7 Å². The monoisotopic (exact) mass is 675 g/mol. The van der Waals surface area contributed by atoms with Crippen LogP contribution in [0.3, 0.4) is 0 Å². The maximum absolute atomic E-state index is 12.8. The first kappa shape index (κ1) is 34.8. The van der Waals surface area contributed by atoms with Gasteiger partial charge in [-0.3, -0.25) is 14.4 Å². The standard InChI is InChI=1S/C32H28F3NO10S/c1-21(37)44-19-31(40,20-45-22(2)38)15-14-23-8-13-29(43-18-24-6-4-3-5-7-24)27(16-23)28-17-30(39)36(28)25-9-11-26(12-10-25)46-47(41,42)32(33,34)35/h3-13,16,28,40H,17-20H2,1-2H3. The molecule has 0 radical (unpaired) electrons. The van der Waals surface area contributed by atoms with Crippen molar-refractivity contribution in [3.05, 3.63) is 89.5 Å². The fourth-order valence-corrected chi connectivity index (χ4v) is 4.78. The van der Waals surface area contributed by atoms with Gasteiger partial charge in [-0.1, -0.05) is 42.2 Å². The molecular formula is C32H28F3NO10S. The second kappa shape index (κ2) is 14.1. The molecule has 1 heterocycles. The van der Waals surface area contributed by atoms with Crippen LogP contribution in [0.25, 0.3) is 0 Å². The van der Waals surface area contributed by atoms with Crippen LogP contribution in [0, 0.1) is 11.8 Å². The molecule has 15 heteroatoms. The van der Waals surface area contributed by atoms with Gasteiger partial charge in [0.25, 0.3) is 0 Å². The highest BCUT2D eigenvalue weighted by molar-refractivity contribution is 7.88. The number of alkyl halides is 3. The molecule has 1 aliphatic heterocycles. The predicted octanol–water partition coefficient (Wildman–Crippen LogP) is 4.18. The molecule has 1 unspecified atom stereocenters. The number of benzene rings is 3. The Hall–Kier alpha value is -5.07. The van der Waals surface area contributed by atoms with E-state index in [1.807, 2.05) is 30.3 Å². The zero-order valence-corrected chi connectivity index (χ0v) is 25.8. The molecule has 0 aliphatic carbocycles. The van der Waals surface area contributed by atoms with Crippen LogP contribution in [-0.2, 0) is 40.6 Å². The quantitative estimate of drug-likeness (QED) is 0.103. The number of carbonyl (C=O) groups excluding carboxylic acids is 3. The van der Waals surface area contributed by atoms with E-state index >= 15 is 0 Å². The largest absolute Gasteiger partial charge is 0.534 e. The van der Waals surface area contributed by atoms with Crippen LogP contribution in [0.15, 0.2) is 72.8 Å². The van der Waals surface area contributed by atoms with Crippen molar-refractivity contribution in [1.29, 1.82) is 0 Å². The topological polar surface area (TPSA) is 146 Å². The van der Waals surface area contributed by atoms with E-state index in [9.17, 15) is 41.1 Å². The zero-order valence-electron chi connectivity index (χ0n) is 24.9. The summed E-state index contributed by atoms with van der Waals surface area (Å²) >= 11 is 0. The number of amides is 1. The first-order chi connectivity index (χ1) is 22.1. The molecule has 11 nitrogen and oxygen atoms in total. The molecule has 1 aliphatic rings. The molecule has 3 aromatic rings. The van der Waals surface area contributed by atoms with Crippen molar-refractivity contribution < 1.29 is 59.5 Å². The highest BCUT2D eigenvalue weighted by atomic mass is 32.2. The first-order valence-corrected chi connectivity index (χ1v) is 15.2. The minimum atomic E-state index is -5.89. The normalized spacial score (nSPS) is 14.7. The molecule has 1 N–H and O–H groups in total. The third kappa shape index (κ3) is 9.02. The van der Waals surface area contributed by atoms with E-state index in [4.69, 9.17) is 14.2 Å². The van der Waals surface area contributed by atoms with Crippen molar-refractivity contribution in [2.45, 2.75) is 44.0 Å².